The molecule has 1 aromatic heterocycles. The van der Waals surface area contributed by atoms with Crippen molar-refractivity contribution in [1.82, 2.24) is 10.2 Å². The van der Waals surface area contributed by atoms with Crippen molar-refractivity contribution in [2.24, 2.45) is 0 Å². The smallest absolute Gasteiger partial charge is 0.264 e. The van der Waals surface area contributed by atoms with Crippen molar-refractivity contribution < 1.29 is 17.9 Å². The quantitative estimate of drug-likeness (QED) is 0.345. The normalized spacial score (nSPS) is 11.2. The Balaban J connectivity index is 1.58. The molecule has 0 aliphatic heterocycles. The van der Waals surface area contributed by atoms with Crippen molar-refractivity contribution in [3.63, 3.8) is 0 Å². The van der Waals surface area contributed by atoms with Crippen molar-refractivity contribution in [3.05, 3.63) is 83.4 Å². The van der Waals surface area contributed by atoms with Crippen LogP contribution in [-0.2, 0) is 14.8 Å². The first-order valence-corrected chi connectivity index (χ1v) is 13.0. The molecule has 35 heavy (non-hydrogen) atoms. The lowest BCUT2D eigenvalue weighted by Gasteiger charge is -2.24. The second kappa shape index (κ2) is 10.4. The van der Waals surface area contributed by atoms with Crippen LogP contribution in [0, 0.1) is 6.92 Å². The Morgan fingerprint density at radius 1 is 1.00 bits per heavy atom. The van der Waals surface area contributed by atoms with E-state index in [1.54, 1.807) is 60.7 Å². The van der Waals surface area contributed by atoms with Crippen molar-refractivity contribution in [1.29, 1.82) is 0 Å². The van der Waals surface area contributed by atoms with E-state index in [1.165, 1.54) is 30.6 Å². The molecule has 0 atom stereocenters. The minimum atomic E-state index is -4.03. The molecule has 0 aliphatic rings. The number of rotatable bonds is 8. The van der Waals surface area contributed by atoms with Gasteiger partial charge in [0.15, 0.2) is 0 Å². The third kappa shape index (κ3) is 5.79. The monoisotopic (exact) mass is 528 g/mol. The molecule has 0 fully saturated rings. The first-order valence-electron chi connectivity index (χ1n) is 10.4. The van der Waals surface area contributed by atoms with Crippen molar-refractivity contribution >= 4 is 49.7 Å². The number of carbonyl (C=O) groups is 1. The molecule has 180 valence electrons. The van der Waals surface area contributed by atoms with E-state index in [2.05, 4.69) is 15.5 Å². The van der Waals surface area contributed by atoms with Crippen LogP contribution in [0.4, 0.5) is 10.8 Å². The van der Waals surface area contributed by atoms with Gasteiger partial charge in [0, 0.05) is 10.6 Å². The highest BCUT2D eigenvalue weighted by Crippen LogP contribution is 2.29. The number of methoxy groups -OCH3 is 1. The van der Waals surface area contributed by atoms with Gasteiger partial charge < -0.3 is 4.74 Å². The Morgan fingerprint density at radius 2 is 1.66 bits per heavy atom. The van der Waals surface area contributed by atoms with Crippen LogP contribution in [0.25, 0.3) is 10.6 Å². The summed E-state index contributed by atoms with van der Waals surface area (Å²) in [7, 11) is -2.52. The maximum Gasteiger partial charge on any atom is 0.264 e. The standard InChI is InChI=1S/C24H21ClN4O4S2/c1-16-3-13-21(14-4-16)35(31,32)29(19-9-11-20(33-2)12-10-19)15-22(30)26-24-28-27-23(34-24)17-5-7-18(25)8-6-17/h3-14H,15H2,1-2H3,(H,26,28,30). The van der Waals surface area contributed by atoms with Gasteiger partial charge in [0.1, 0.15) is 17.3 Å². The van der Waals surface area contributed by atoms with E-state index in [9.17, 15) is 13.2 Å². The number of benzene rings is 3. The van der Waals surface area contributed by atoms with Gasteiger partial charge in [-0.3, -0.25) is 14.4 Å². The van der Waals surface area contributed by atoms with E-state index in [1.807, 2.05) is 6.92 Å². The fourth-order valence-electron chi connectivity index (χ4n) is 3.17. The van der Waals surface area contributed by atoms with Crippen LogP contribution < -0.4 is 14.4 Å². The first kappa shape index (κ1) is 24.6. The second-order valence-corrected chi connectivity index (χ2v) is 10.8. The van der Waals surface area contributed by atoms with Crippen LogP contribution in [0.2, 0.25) is 5.02 Å². The molecule has 4 rings (SSSR count). The molecule has 0 bridgehead atoms. The second-order valence-electron chi connectivity index (χ2n) is 7.49. The molecule has 3 aromatic carbocycles. The van der Waals surface area contributed by atoms with E-state index in [4.69, 9.17) is 16.3 Å². The molecule has 0 aliphatic carbocycles. The van der Waals surface area contributed by atoms with E-state index >= 15 is 0 Å². The van der Waals surface area contributed by atoms with Gasteiger partial charge in [-0.1, -0.05) is 52.8 Å². The van der Waals surface area contributed by atoms with Gasteiger partial charge in [-0.25, -0.2) is 8.42 Å². The third-order valence-electron chi connectivity index (χ3n) is 5.02. The Morgan fingerprint density at radius 3 is 2.29 bits per heavy atom. The molecule has 4 aromatic rings. The highest BCUT2D eigenvalue weighted by molar-refractivity contribution is 7.92. The van der Waals surface area contributed by atoms with Crippen molar-refractivity contribution in [2.75, 3.05) is 23.3 Å². The van der Waals surface area contributed by atoms with Gasteiger partial charge in [0.25, 0.3) is 10.0 Å². The molecule has 0 spiro atoms. The van der Waals surface area contributed by atoms with Gasteiger partial charge in [-0.2, -0.15) is 0 Å². The summed E-state index contributed by atoms with van der Waals surface area (Å²) in [5.41, 5.74) is 2.04. The molecule has 0 unspecified atom stereocenters. The Labute approximate surface area is 212 Å². The average molecular weight is 529 g/mol. The summed E-state index contributed by atoms with van der Waals surface area (Å²) in [6.45, 7) is 1.41. The molecular formula is C24H21ClN4O4S2. The SMILES string of the molecule is COc1ccc(N(CC(=O)Nc2nnc(-c3ccc(Cl)cc3)s2)S(=O)(=O)c2ccc(C)cc2)cc1. The number of halogens is 1. The maximum atomic E-state index is 13.5. The van der Waals surface area contributed by atoms with Crippen LogP contribution >= 0.6 is 22.9 Å². The predicted octanol–water partition coefficient (Wildman–Crippen LogP) is 5.01. The van der Waals surface area contributed by atoms with Crippen molar-refractivity contribution in [2.45, 2.75) is 11.8 Å². The molecule has 0 radical (unpaired) electrons. The molecule has 1 amide bonds. The lowest BCUT2D eigenvalue weighted by Crippen LogP contribution is -2.38. The molecule has 1 heterocycles. The summed E-state index contributed by atoms with van der Waals surface area (Å²) in [6, 6.07) is 20.0. The average Bonchev–Trinajstić information content (AvgIpc) is 3.31. The Hall–Kier alpha value is -3.47. The number of ether oxygens (including phenoxy) is 1. The largest absolute Gasteiger partial charge is 0.497 e. The van der Waals surface area contributed by atoms with Gasteiger partial charge in [-0.15, -0.1) is 10.2 Å². The fraction of sp³-hybridized carbons (Fsp3) is 0.125. The van der Waals surface area contributed by atoms with Gasteiger partial charge in [0.2, 0.25) is 11.0 Å². The van der Waals surface area contributed by atoms with E-state index < -0.39 is 22.5 Å². The molecular weight excluding hydrogens is 508 g/mol. The van der Waals surface area contributed by atoms with Gasteiger partial charge in [-0.05, 0) is 55.5 Å². The van der Waals surface area contributed by atoms with Gasteiger partial charge in [0.05, 0.1) is 17.7 Å². The van der Waals surface area contributed by atoms with Crippen LogP contribution in [-0.4, -0.2) is 38.2 Å². The van der Waals surface area contributed by atoms with E-state index in [0.717, 1.165) is 15.4 Å². The fourth-order valence-corrected chi connectivity index (χ4v) is 5.49. The summed E-state index contributed by atoms with van der Waals surface area (Å²) < 4.78 is 33.2. The van der Waals surface area contributed by atoms with Crippen LogP contribution in [0.3, 0.4) is 0 Å². The number of nitrogens with one attached hydrogen (secondary N) is 1. The van der Waals surface area contributed by atoms with Crippen LogP contribution in [0.5, 0.6) is 5.75 Å². The number of carbonyl (C=O) groups excluding carboxylic acids is 1. The van der Waals surface area contributed by atoms with Crippen LogP contribution in [0.1, 0.15) is 5.56 Å². The molecule has 1 N–H and O–H groups in total. The Kier molecular flexibility index (Phi) is 7.34. The summed E-state index contributed by atoms with van der Waals surface area (Å²) >= 11 is 7.10. The zero-order valence-corrected chi connectivity index (χ0v) is 21.2. The number of aromatic nitrogens is 2. The van der Waals surface area contributed by atoms with E-state index in [0.29, 0.717) is 21.5 Å². The number of hydrogen-bond donors (Lipinski definition) is 1. The zero-order valence-electron chi connectivity index (χ0n) is 18.8. The summed E-state index contributed by atoms with van der Waals surface area (Å²) in [5, 5.41) is 12.2. The topological polar surface area (TPSA) is 101 Å². The molecule has 8 nitrogen and oxygen atoms in total. The van der Waals surface area contributed by atoms with Crippen LogP contribution in [0.15, 0.2) is 77.7 Å². The summed E-state index contributed by atoms with van der Waals surface area (Å²) in [4.78, 5) is 13.0. The third-order valence-corrected chi connectivity index (χ3v) is 7.95. The van der Waals surface area contributed by atoms with Crippen molar-refractivity contribution in [3.8, 4) is 16.3 Å². The minimum absolute atomic E-state index is 0.0765. The molecule has 0 saturated carbocycles. The number of nitrogens with zero attached hydrogens (tertiary/aromatic N) is 3. The highest BCUT2D eigenvalue weighted by Gasteiger charge is 2.27. The lowest BCUT2D eigenvalue weighted by molar-refractivity contribution is -0.114. The number of anilines is 2. The number of sulfonamides is 1. The summed E-state index contributed by atoms with van der Waals surface area (Å²) in [5.74, 6) is 0.00443. The molecule has 0 saturated heterocycles. The Bertz CT molecular complexity index is 1420. The first-order chi connectivity index (χ1) is 16.8. The highest BCUT2D eigenvalue weighted by atomic mass is 35.5. The van der Waals surface area contributed by atoms with Gasteiger partial charge >= 0.3 is 0 Å². The minimum Gasteiger partial charge on any atom is -0.497 e. The number of aryl methyl sites for hydroxylation is 1. The number of hydrogen-bond acceptors (Lipinski definition) is 7. The molecule has 11 heteroatoms. The predicted molar refractivity (Wildman–Crippen MR) is 138 cm³/mol. The lowest BCUT2D eigenvalue weighted by atomic mass is 10.2. The number of amides is 1. The van der Waals surface area contributed by atoms with E-state index in [-0.39, 0.29) is 10.0 Å². The maximum absolute atomic E-state index is 13.5. The summed E-state index contributed by atoms with van der Waals surface area (Å²) in [6.07, 6.45) is 0. The zero-order chi connectivity index (χ0) is 25.0.